The number of benzene rings is 1. The first-order valence-corrected chi connectivity index (χ1v) is 5.59. The van der Waals surface area contributed by atoms with Crippen molar-refractivity contribution in [2.24, 2.45) is 0 Å². The maximum absolute atomic E-state index is 11.5. The lowest BCUT2D eigenvalue weighted by atomic mass is 10.1. The third-order valence-electron chi connectivity index (χ3n) is 2.73. The molecule has 0 radical (unpaired) electrons. The van der Waals surface area contributed by atoms with E-state index in [0.717, 1.165) is 5.39 Å². The van der Waals surface area contributed by atoms with Crippen LogP contribution in [0.3, 0.4) is 0 Å². The minimum atomic E-state index is -0.398. The maximum Gasteiger partial charge on any atom is 0.336 e. The standard InChI is InChI=1S/C14H9NO3/c16-13-4-2-1-3-9-8-12-10(7-11(9)15-13)5-6-14(17)18-12/h5-8H,2,4H2,(H,15,16). The number of fused-ring (bicyclic) bond motifs is 2. The number of anilines is 1. The molecule has 1 aromatic heterocycles. The van der Waals surface area contributed by atoms with Gasteiger partial charge >= 0.3 is 5.63 Å². The van der Waals surface area contributed by atoms with Gasteiger partial charge in [-0.15, -0.1) is 0 Å². The summed E-state index contributed by atoms with van der Waals surface area (Å²) >= 11 is 0. The van der Waals surface area contributed by atoms with Gasteiger partial charge in [0, 0.05) is 24.3 Å². The largest absolute Gasteiger partial charge is 0.423 e. The number of hydrogen-bond donors (Lipinski definition) is 1. The predicted octanol–water partition coefficient (Wildman–Crippen LogP) is 1.88. The monoisotopic (exact) mass is 239 g/mol. The Hall–Kier alpha value is -2.54. The summed E-state index contributed by atoms with van der Waals surface area (Å²) in [4.78, 5) is 22.7. The zero-order chi connectivity index (χ0) is 12.5. The first kappa shape index (κ1) is 10.6. The van der Waals surface area contributed by atoms with Gasteiger partial charge in [0.2, 0.25) is 5.91 Å². The molecule has 1 aliphatic heterocycles. The second-order valence-corrected chi connectivity index (χ2v) is 4.04. The van der Waals surface area contributed by atoms with Crippen molar-refractivity contribution in [2.45, 2.75) is 12.8 Å². The molecule has 18 heavy (non-hydrogen) atoms. The van der Waals surface area contributed by atoms with Crippen molar-refractivity contribution in [2.75, 3.05) is 5.32 Å². The number of rotatable bonds is 0. The van der Waals surface area contributed by atoms with Gasteiger partial charge in [0.15, 0.2) is 0 Å². The Balaban J connectivity index is 2.27. The molecule has 4 heteroatoms. The Morgan fingerprint density at radius 1 is 1.22 bits per heavy atom. The maximum atomic E-state index is 11.5. The fourth-order valence-corrected chi connectivity index (χ4v) is 1.87. The van der Waals surface area contributed by atoms with Gasteiger partial charge < -0.3 is 9.73 Å². The third-order valence-corrected chi connectivity index (χ3v) is 2.73. The summed E-state index contributed by atoms with van der Waals surface area (Å²) < 4.78 is 5.09. The van der Waals surface area contributed by atoms with Gasteiger partial charge in [-0.25, -0.2) is 4.79 Å². The van der Waals surface area contributed by atoms with E-state index in [9.17, 15) is 9.59 Å². The van der Waals surface area contributed by atoms with E-state index >= 15 is 0 Å². The average Bonchev–Trinajstić information content (AvgIpc) is 2.33. The van der Waals surface area contributed by atoms with Crippen molar-refractivity contribution >= 4 is 22.6 Å². The van der Waals surface area contributed by atoms with Gasteiger partial charge in [-0.05, 0) is 18.2 Å². The van der Waals surface area contributed by atoms with Crippen LogP contribution in [0, 0.1) is 11.8 Å². The fraction of sp³-hybridized carbons (Fsp3) is 0.143. The molecule has 1 amide bonds. The quantitative estimate of drug-likeness (QED) is 0.564. The second kappa shape index (κ2) is 4.04. The summed E-state index contributed by atoms with van der Waals surface area (Å²) in [6.45, 7) is 0. The molecule has 3 rings (SSSR count). The molecule has 2 heterocycles. The van der Waals surface area contributed by atoms with Gasteiger partial charge in [-0.3, -0.25) is 4.79 Å². The predicted molar refractivity (Wildman–Crippen MR) is 67.2 cm³/mol. The second-order valence-electron chi connectivity index (χ2n) is 4.04. The summed E-state index contributed by atoms with van der Waals surface area (Å²) in [5, 5.41) is 3.57. The van der Waals surface area contributed by atoms with Crippen molar-refractivity contribution in [1.29, 1.82) is 0 Å². The summed E-state index contributed by atoms with van der Waals surface area (Å²) in [5.41, 5.74) is 1.41. The van der Waals surface area contributed by atoms with Crippen LogP contribution in [0.15, 0.2) is 33.5 Å². The van der Waals surface area contributed by atoms with Crippen LogP contribution in [-0.2, 0) is 4.79 Å². The molecule has 1 aromatic carbocycles. The molecule has 0 saturated heterocycles. The number of carbonyl (C=O) groups excluding carboxylic acids is 1. The van der Waals surface area contributed by atoms with E-state index in [-0.39, 0.29) is 5.91 Å². The van der Waals surface area contributed by atoms with Crippen LogP contribution < -0.4 is 10.9 Å². The highest BCUT2D eigenvalue weighted by Gasteiger charge is 2.10. The van der Waals surface area contributed by atoms with E-state index in [1.54, 1.807) is 18.2 Å². The Morgan fingerprint density at radius 3 is 3.00 bits per heavy atom. The zero-order valence-electron chi connectivity index (χ0n) is 9.45. The van der Waals surface area contributed by atoms with E-state index in [2.05, 4.69) is 17.2 Å². The minimum absolute atomic E-state index is 0.0537. The van der Waals surface area contributed by atoms with E-state index in [4.69, 9.17) is 4.42 Å². The Bertz CT molecular complexity index is 762. The molecule has 2 aromatic rings. The summed E-state index contributed by atoms with van der Waals surface area (Å²) in [6.07, 6.45) is 0.927. The minimum Gasteiger partial charge on any atom is -0.423 e. The molecule has 0 aliphatic carbocycles. The van der Waals surface area contributed by atoms with Crippen LogP contribution in [0.1, 0.15) is 18.4 Å². The topological polar surface area (TPSA) is 59.3 Å². The lowest BCUT2D eigenvalue weighted by Gasteiger charge is -2.10. The SMILES string of the molecule is O=C1CCC#Cc2cc3oc(=O)ccc3cc2N1. The number of nitrogens with one attached hydrogen (secondary N) is 1. The van der Waals surface area contributed by atoms with Crippen molar-refractivity contribution in [3.8, 4) is 11.8 Å². The normalized spacial score (nSPS) is 13.9. The van der Waals surface area contributed by atoms with Gasteiger partial charge in [0.25, 0.3) is 0 Å². The van der Waals surface area contributed by atoms with Crippen LogP contribution in [-0.4, -0.2) is 5.91 Å². The first-order valence-electron chi connectivity index (χ1n) is 5.59. The van der Waals surface area contributed by atoms with Crippen LogP contribution in [0.4, 0.5) is 5.69 Å². The van der Waals surface area contributed by atoms with Crippen molar-refractivity contribution in [3.63, 3.8) is 0 Å². The highest BCUT2D eigenvalue weighted by Crippen LogP contribution is 2.23. The zero-order valence-corrected chi connectivity index (χ0v) is 9.45. The number of amides is 1. The molecule has 0 saturated carbocycles. The molecule has 0 bridgehead atoms. The van der Waals surface area contributed by atoms with Gasteiger partial charge in [0.05, 0.1) is 11.3 Å². The van der Waals surface area contributed by atoms with Crippen LogP contribution in [0.25, 0.3) is 11.0 Å². The number of hydrogen-bond acceptors (Lipinski definition) is 3. The molecule has 0 unspecified atom stereocenters. The first-order chi connectivity index (χ1) is 8.72. The molecular formula is C14H9NO3. The molecular weight excluding hydrogens is 230 g/mol. The van der Waals surface area contributed by atoms with Gasteiger partial charge in [0.1, 0.15) is 5.58 Å². The molecule has 0 spiro atoms. The van der Waals surface area contributed by atoms with E-state index < -0.39 is 5.63 Å². The summed E-state index contributed by atoms with van der Waals surface area (Å²) in [6, 6.07) is 6.47. The van der Waals surface area contributed by atoms with Gasteiger partial charge in [-0.2, -0.15) is 0 Å². The van der Waals surface area contributed by atoms with Gasteiger partial charge in [-0.1, -0.05) is 11.8 Å². The lowest BCUT2D eigenvalue weighted by molar-refractivity contribution is -0.116. The summed E-state index contributed by atoms with van der Waals surface area (Å²) in [7, 11) is 0. The lowest BCUT2D eigenvalue weighted by Crippen LogP contribution is -2.13. The molecule has 1 aliphatic rings. The van der Waals surface area contributed by atoms with Crippen LogP contribution in [0.2, 0.25) is 0 Å². The third kappa shape index (κ3) is 1.87. The highest BCUT2D eigenvalue weighted by atomic mass is 16.4. The Kier molecular flexibility index (Phi) is 2.38. The van der Waals surface area contributed by atoms with Crippen LogP contribution >= 0.6 is 0 Å². The Morgan fingerprint density at radius 2 is 2.11 bits per heavy atom. The van der Waals surface area contributed by atoms with Crippen molar-refractivity contribution in [3.05, 3.63) is 40.2 Å². The molecule has 0 fully saturated rings. The molecule has 1 N–H and O–H groups in total. The Labute approximate surface area is 103 Å². The summed E-state index contributed by atoms with van der Waals surface area (Å²) in [5.74, 6) is 5.84. The van der Waals surface area contributed by atoms with E-state index in [0.29, 0.717) is 29.7 Å². The highest BCUT2D eigenvalue weighted by molar-refractivity contribution is 5.96. The molecule has 0 atom stereocenters. The smallest absolute Gasteiger partial charge is 0.336 e. The fourth-order valence-electron chi connectivity index (χ4n) is 1.87. The molecule has 88 valence electrons. The van der Waals surface area contributed by atoms with Crippen molar-refractivity contribution in [1.82, 2.24) is 0 Å². The number of carbonyl (C=O) groups is 1. The molecule has 4 nitrogen and oxygen atoms in total. The van der Waals surface area contributed by atoms with E-state index in [1.165, 1.54) is 6.07 Å². The van der Waals surface area contributed by atoms with Crippen LogP contribution in [0.5, 0.6) is 0 Å². The average molecular weight is 239 g/mol. The van der Waals surface area contributed by atoms with E-state index in [1.807, 2.05) is 0 Å². The van der Waals surface area contributed by atoms with Crippen molar-refractivity contribution < 1.29 is 9.21 Å².